The van der Waals surface area contributed by atoms with Crippen molar-refractivity contribution in [2.75, 3.05) is 5.32 Å². The number of halogens is 3. The molecule has 0 unspecified atom stereocenters. The van der Waals surface area contributed by atoms with Gasteiger partial charge in [0, 0.05) is 10.6 Å². The molecule has 0 saturated carbocycles. The van der Waals surface area contributed by atoms with E-state index >= 15 is 0 Å². The van der Waals surface area contributed by atoms with E-state index in [4.69, 9.17) is 23.2 Å². The molecule has 8 heteroatoms. The van der Waals surface area contributed by atoms with E-state index in [1.165, 1.54) is 18.2 Å². The fourth-order valence-corrected chi connectivity index (χ4v) is 3.28. The minimum Gasteiger partial charge on any atom is -0.318 e. The molecule has 1 amide bonds. The van der Waals surface area contributed by atoms with Crippen LogP contribution < -0.4 is 5.32 Å². The highest BCUT2D eigenvalue weighted by molar-refractivity contribution is 6.36. The Labute approximate surface area is 182 Å². The van der Waals surface area contributed by atoms with Gasteiger partial charge in [0.1, 0.15) is 5.82 Å². The van der Waals surface area contributed by atoms with Gasteiger partial charge in [-0.05, 0) is 61.5 Å². The van der Waals surface area contributed by atoms with Crippen LogP contribution in [0.2, 0.25) is 10.0 Å². The van der Waals surface area contributed by atoms with Crippen LogP contribution in [0.15, 0.2) is 66.7 Å². The Morgan fingerprint density at radius 2 is 1.70 bits per heavy atom. The summed E-state index contributed by atoms with van der Waals surface area (Å²) in [7, 11) is 0. The zero-order chi connectivity index (χ0) is 21.3. The summed E-state index contributed by atoms with van der Waals surface area (Å²) in [6, 6.07) is 18.2. The first-order chi connectivity index (χ1) is 14.4. The van der Waals surface area contributed by atoms with Crippen LogP contribution in [0.1, 0.15) is 16.2 Å². The Morgan fingerprint density at radius 1 is 1.00 bits per heavy atom. The van der Waals surface area contributed by atoms with E-state index in [9.17, 15) is 9.18 Å². The van der Waals surface area contributed by atoms with E-state index in [2.05, 4.69) is 15.4 Å². The Kier molecular flexibility index (Phi) is 5.53. The third kappa shape index (κ3) is 4.20. The van der Waals surface area contributed by atoms with Crippen molar-refractivity contribution in [2.45, 2.75) is 6.92 Å². The van der Waals surface area contributed by atoms with Gasteiger partial charge in [-0.2, -0.15) is 0 Å². The number of nitrogens with one attached hydrogen (secondary N) is 1. The zero-order valence-electron chi connectivity index (χ0n) is 15.7. The van der Waals surface area contributed by atoms with Gasteiger partial charge < -0.3 is 5.32 Å². The van der Waals surface area contributed by atoms with E-state index in [0.29, 0.717) is 27.1 Å². The number of nitrogens with zero attached hydrogens (tertiary/aromatic N) is 3. The van der Waals surface area contributed by atoms with Gasteiger partial charge in [-0.15, -0.1) is 5.10 Å². The van der Waals surface area contributed by atoms with E-state index in [1.807, 2.05) is 31.2 Å². The number of amides is 1. The maximum atomic E-state index is 13.4. The van der Waals surface area contributed by atoms with Crippen molar-refractivity contribution in [1.82, 2.24) is 14.8 Å². The second-order valence-corrected chi connectivity index (χ2v) is 7.44. The summed E-state index contributed by atoms with van der Waals surface area (Å²) in [5.41, 5.74) is 2.81. The van der Waals surface area contributed by atoms with Gasteiger partial charge in [0.05, 0.1) is 16.4 Å². The molecule has 0 aliphatic rings. The highest BCUT2D eigenvalue weighted by Gasteiger charge is 2.20. The molecule has 0 spiro atoms. The van der Waals surface area contributed by atoms with Crippen molar-refractivity contribution in [3.63, 3.8) is 0 Å². The molecule has 0 aliphatic carbocycles. The second-order valence-electron chi connectivity index (χ2n) is 6.59. The van der Waals surface area contributed by atoms with Crippen molar-refractivity contribution >= 4 is 34.8 Å². The molecular formula is C22H15Cl2FN4O. The van der Waals surface area contributed by atoms with Crippen molar-refractivity contribution in [3.8, 4) is 17.1 Å². The van der Waals surface area contributed by atoms with Crippen molar-refractivity contribution < 1.29 is 9.18 Å². The molecule has 150 valence electrons. The number of aryl methyl sites for hydroxylation is 1. The summed E-state index contributed by atoms with van der Waals surface area (Å²) < 4.78 is 14.9. The first kappa shape index (κ1) is 20.1. The summed E-state index contributed by atoms with van der Waals surface area (Å²) in [5, 5.41) is 7.83. The molecular weight excluding hydrogens is 426 g/mol. The molecule has 0 fully saturated rings. The van der Waals surface area contributed by atoms with Crippen LogP contribution in [0.3, 0.4) is 0 Å². The van der Waals surface area contributed by atoms with Gasteiger partial charge in [-0.3, -0.25) is 4.79 Å². The maximum absolute atomic E-state index is 13.4. The summed E-state index contributed by atoms with van der Waals surface area (Å²) in [5.74, 6) is -0.545. The number of hydrogen-bond acceptors (Lipinski definition) is 3. The Bertz CT molecular complexity index is 1160. The molecule has 4 aromatic rings. The monoisotopic (exact) mass is 440 g/mol. The molecule has 4 rings (SSSR count). The number of benzene rings is 3. The average Bonchev–Trinajstić information content (AvgIpc) is 3.17. The van der Waals surface area contributed by atoms with E-state index in [-0.39, 0.29) is 11.6 Å². The third-order valence-electron chi connectivity index (χ3n) is 4.37. The van der Waals surface area contributed by atoms with E-state index in [1.54, 1.807) is 28.9 Å². The standard InChI is InChI=1S/C22H15Cl2FN4O/c1-13-2-9-17(10-3-13)29-21(14-4-7-16(25)8-5-14)27-20(28-29)22(30)26-19-11-6-15(23)12-18(19)24/h2-12H,1H3,(H,26,30). The fourth-order valence-electron chi connectivity index (χ4n) is 2.83. The van der Waals surface area contributed by atoms with Crippen molar-refractivity contribution in [2.24, 2.45) is 0 Å². The van der Waals surface area contributed by atoms with Crippen LogP contribution in [0.25, 0.3) is 17.1 Å². The van der Waals surface area contributed by atoms with Gasteiger partial charge >= 0.3 is 0 Å². The largest absolute Gasteiger partial charge is 0.318 e. The lowest BCUT2D eigenvalue weighted by Crippen LogP contribution is -2.14. The molecule has 1 aromatic heterocycles. The second kappa shape index (κ2) is 8.26. The lowest BCUT2D eigenvalue weighted by atomic mass is 10.2. The number of aromatic nitrogens is 3. The minimum atomic E-state index is -0.534. The third-order valence-corrected chi connectivity index (χ3v) is 4.92. The number of anilines is 1. The fraction of sp³-hybridized carbons (Fsp3) is 0.0455. The molecule has 5 nitrogen and oxygen atoms in total. The first-order valence-electron chi connectivity index (χ1n) is 8.97. The van der Waals surface area contributed by atoms with Crippen LogP contribution in [-0.4, -0.2) is 20.7 Å². The molecule has 30 heavy (non-hydrogen) atoms. The summed E-state index contributed by atoms with van der Waals surface area (Å²) in [6.07, 6.45) is 0. The SMILES string of the molecule is Cc1ccc(-n2nc(C(=O)Nc3ccc(Cl)cc3Cl)nc2-c2ccc(F)cc2)cc1. The predicted octanol–water partition coefficient (Wildman–Crippen LogP) is 5.94. The topological polar surface area (TPSA) is 59.8 Å². The van der Waals surface area contributed by atoms with Gasteiger partial charge in [0.2, 0.25) is 5.82 Å². The summed E-state index contributed by atoms with van der Waals surface area (Å²) in [6.45, 7) is 1.97. The lowest BCUT2D eigenvalue weighted by molar-refractivity contribution is 0.101. The van der Waals surface area contributed by atoms with Crippen LogP contribution in [-0.2, 0) is 0 Å². The normalized spacial score (nSPS) is 10.8. The number of carbonyl (C=O) groups is 1. The number of rotatable bonds is 4. The summed E-state index contributed by atoms with van der Waals surface area (Å²) in [4.78, 5) is 17.2. The highest BCUT2D eigenvalue weighted by Crippen LogP contribution is 2.26. The van der Waals surface area contributed by atoms with Crippen LogP contribution in [0.4, 0.5) is 10.1 Å². The molecule has 0 atom stereocenters. The molecule has 0 aliphatic heterocycles. The Hall–Kier alpha value is -3.22. The number of hydrogen-bond donors (Lipinski definition) is 1. The van der Waals surface area contributed by atoms with Gasteiger partial charge in [-0.25, -0.2) is 14.1 Å². The molecule has 0 saturated heterocycles. The van der Waals surface area contributed by atoms with Gasteiger partial charge in [0.15, 0.2) is 5.82 Å². The highest BCUT2D eigenvalue weighted by atomic mass is 35.5. The molecule has 1 heterocycles. The smallest absolute Gasteiger partial charge is 0.295 e. The van der Waals surface area contributed by atoms with Gasteiger partial charge in [-0.1, -0.05) is 40.9 Å². The Morgan fingerprint density at radius 3 is 2.37 bits per heavy atom. The molecule has 0 bridgehead atoms. The van der Waals surface area contributed by atoms with E-state index in [0.717, 1.165) is 11.3 Å². The minimum absolute atomic E-state index is 0.0547. The van der Waals surface area contributed by atoms with Gasteiger partial charge in [0.25, 0.3) is 5.91 Å². The predicted molar refractivity (Wildman–Crippen MR) is 116 cm³/mol. The average molecular weight is 441 g/mol. The van der Waals surface area contributed by atoms with Crippen LogP contribution in [0.5, 0.6) is 0 Å². The van der Waals surface area contributed by atoms with Crippen LogP contribution >= 0.6 is 23.2 Å². The Balaban J connectivity index is 1.75. The molecule has 0 radical (unpaired) electrons. The summed E-state index contributed by atoms with van der Waals surface area (Å²) >= 11 is 12.0. The molecule has 1 N–H and O–H groups in total. The van der Waals surface area contributed by atoms with Crippen LogP contribution in [0, 0.1) is 12.7 Å². The van der Waals surface area contributed by atoms with E-state index < -0.39 is 5.91 Å². The number of carbonyl (C=O) groups excluding carboxylic acids is 1. The quantitative estimate of drug-likeness (QED) is 0.426. The zero-order valence-corrected chi connectivity index (χ0v) is 17.2. The lowest BCUT2D eigenvalue weighted by Gasteiger charge is -2.06. The maximum Gasteiger partial charge on any atom is 0.295 e. The van der Waals surface area contributed by atoms with Crippen molar-refractivity contribution in [1.29, 1.82) is 0 Å². The first-order valence-corrected chi connectivity index (χ1v) is 9.73. The van der Waals surface area contributed by atoms with Crippen molar-refractivity contribution in [3.05, 3.63) is 94.0 Å². The molecule has 3 aromatic carbocycles.